The molecule has 7 N–H and O–H groups in total. The number of nitrogens with two attached hydrogens (primary N) is 2. The third-order valence-corrected chi connectivity index (χ3v) is 4.63. The summed E-state index contributed by atoms with van der Waals surface area (Å²) in [5.74, 6) is -0.599. The highest BCUT2D eigenvalue weighted by Crippen LogP contribution is 2.46. The number of carbonyl (C=O) groups is 1. The summed E-state index contributed by atoms with van der Waals surface area (Å²) in [4.78, 5) is 11.4. The van der Waals surface area contributed by atoms with Gasteiger partial charge in [-0.3, -0.25) is 20.1 Å². The van der Waals surface area contributed by atoms with Crippen molar-refractivity contribution in [2.75, 3.05) is 26.0 Å². The molecule has 0 bridgehead atoms. The normalized spacial score (nSPS) is 12.8. The Labute approximate surface area is 131 Å². The third-order valence-electron chi connectivity index (χ3n) is 2.76. The summed E-state index contributed by atoms with van der Waals surface area (Å²) in [6, 6.07) is -0.605. The van der Waals surface area contributed by atoms with Crippen LogP contribution in [0.2, 0.25) is 0 Å². The fraction of sp³-hybridized carbons (Fsp3) is 0.833. The average molecular weight is 337 g/mol. The molecule has 1 atom stereocenters. The van der Waals surface area contributed by atoms with Crippen molar-refractivity contribution in [2.24, 2.45) is 11.5 Å². The molecule has 0 saturated carbocycles. The molecular formula is C12H28N5O4P. The molecule has 0 saturated heterocycles. The van der Waals surface area contributed by atoms with E-state index < -0.39 is 19.5 Å². The fourth-order valence-electron chi connectivity index (χ4n) is 1.79. The average Bonchev–Trinajstić information content (AvgIpc) is 2.41. The second-order valence-corrected chi connectivity index (χ2v) is 6.65. The highest BCUT2D eigenvalue weighted by Gasteiger charge is 2.26. The fourth-order valence-corrected chi connectivity index (χ4v) is 3.27. The molecule has 1 amide bonds. The van der Waals surface area contributed by atoms with Crippen LogP contribution in [0.15, 0.2) is 0 Å². The highest BCUT2D eigenvalue weighted by molar-refractivity contribution is 7.53. The molecule has 0 aromatic rings. The van der Waals surface area contributed by atoms with Crippen LogP contribution in [0.3, 0.4) is 0 Å². The van der Waals surface area contributed by atoms with Crippen LogP contribution in [-0.4, -0.2) is 44.0 Å². The first-order valence-corrected chi connectivity index (χ1v) is 9.06. The Kier molecular flexibility index (Phi) is 10.8. The molecule has 0 aliphatic rings. The molecule has 22 heavy (non-hydrogen) atoms. The standard InChI is InChI=1S/C12H28N5O4P/c1-3-20-22(19,21-4-2)9-17-10(11(13)18)7-5-6-8-16-12(14)15/h10,17H,3-9H2,1-2H3,(H2,13,18)(H4,14,15,16)/t10-/m0/s1. The summed E-state index contributed by atoms with van der Waals surface area (Å²) in [5, 5.41) is 12.5. The Hall–Kier alpha value is -1.15. The molecule has 0 radical (unpaired) electrons. The molecule has 130 valence electrons. The van der Waals surface area contributed by atoms with Gasteiger partial charge in [0, 0.05) is 6.54 Å². The number of nitrogens with one attached hydrogen (secondary N) is 3. The van der Waals surface area contributed by atoms with Gasteiger partial charge in [-0.1, -0.05) is 0 Å². The molecule has 0 aliphatic carbocycles. The summed E-state index contributed by atoms with van der Waals surface area (Å²) in [6.45, 7) is 4.52. The lowest BCUT2D eigenvalue weighted by Crippen LogP contribution is -2.42. The van der Waals surface area contributed by atoms with Crippen molar-refractivity contribution < 1.29 is 18.4 Å². The van der Waals surface area contributed by atoms with Crippen molar-refractivity contribution in [1.82, 2.24) is 10.6 Å². The lowest BCUT2D eigenvalue weighted by Gasteiger charge is -2.21. The Morgan fingerprint density at radius 2 is 1.82 bits per heavy atom. The Morgan fingerprint density at radius 1 is 1.23 bits per heavy atom. The monoisotopic (exact) mass is 337 g/mol. The van der Waals surface area contributed by atoms with Gasteiger partial charge in [0.1, 0.15) is 0 Å². The zero-order valence-electron chi connectivity index (χ0n) is 13.3. The summed E-state index contributed by atoms with van der Waals surface area (Å²) >= 11 is 0. The highest BCUT2D eigenvalue weighted by atomic mass is 31.2. The maximum absolute atomic E-state index is 12.3. The maximum Gasteiger partial charge on any atom is 0.344 e. The minimum atomic E-state index is -3.25. The van der Waals surface area contributed by atoms with Crippen molar-refractivity contribution in [3.05, 3.63) is 0 Å². The molecular weight excluding hydrogens is 309 g/mol. The topological polar surface area (TPSA) is 153 Å². The van der Waals surface area contributed by atoms with Crippen molar-refractivity contribution in [2.45, 2.75) is 39.2 Å². The van der Waals surface area contributed by atoms with Crippen LogP contribution in [0, 0.1) is 5.41 Å². The van der Waals surface area contributed by atoms with Crippen LogP contribution in [-0.2, 0) is 18.4 Å². The number of primary amides is 1. The lowest BCUT2D eigenvalue weighted by atomic mass is 10.1. The van der Waals surface area contributed by atoms with E-state index in [1.807, 2.05) is 0 Å². The van der Waals surface area contributed by atoms with Crippen LogP contribution in [0.4, 0.5) is 0 Å². The van der Waals surface area contributed by atoms with Crippen LogP contribution in [0.5, 0.6) is 0 Å². The van der Waals surface area contributed by atoms with E-state index in [4.69, 9.17) is 25.9 Å². The first-order valence-electron chi connectivity index (χ1n) is 7.33. The van der Waals surface area contributed by atoms with Gasteiger partial charge in [0.25, 0.3) is 0 Å². The van der Waals surface area contributed by atoms with Gasteiger partial charge in [0.15, 0.2) is 5.96 Å². The number of amides is 1. The lowest BCUT2D eigenvalue weighted by molar-refractivity contribution is -0.120. The maximum atomic E-state index is 12.3. The van der Waals surface area contributed by atoms with Gasteiger partial charge >= 0.3 is 7.60 Å². The van der Waals surface area contributed by atoms with Crippen LogP contribution in [0.25, 0.3) is 0 Å². The summed E-state index contributed by atoms with van der Waals surface area (Å²) < 4.78 is 22.6. The van der Waals surface area contributed by atoms with Crippen molar-refractivity contribution in [1.29, 1.82) is 5.41 Å². The van der Waals surface area contributed by atoms with Gasteiger partial charge in [-0.2, -0.15) is 0 Å². The molecule has 0 unspecified atom stereocenters. The van der Waals surface area contributed by atoms with Crippen molar-refractivity contribution >= 4 is 19.5 Å². The molecule has 0 fully saturated rings. The van der Waals surface area contributed by atoms with E-state index >= 15 is 0 Å². The van der Waals surface area contributed by atoms with E-state index in [2.05, 4.69) is 10.6 Å². The van der Waals surface area contributed by atoms with Crippen LogP contribution in [0.1, 0.15) is 33.1 Å². The minimum absolute atomic E-state index is 0.0615. The number of unbranched alkanes of at least 4 members (excludes halogenated alkanes) is 1. The Balaban J connectivity index is 4.25. The van der Waals surface area contributed by atoms with E-state index in [1.54, 1.807) is 13.8 Å². The quantitative estimate of drug-likeness (QED) is 0.140. The molecule has 0 rings (SSSR count). The zero-order valence-corrected chi connectivity index (χ0v) is 14.2. The predicted octanol–water partition coefficient (Wildman–Crippen LogP) is 0.307. The summed E-state index contributed by atoms with van der Waals surface area (Å²) in [5.41, 5.74) is 10.5. The molecule has 9 nitrogen and oxygen atoms in total. The number of hydrogen-bond acceptors (Lipinski definition) is 6. The van der Waals surface area contributed by atoms with E-state index in [1.165, 1.54) is 0 Å². The van der Waals surface area contributed by atoms with Gasteiger partial charge in [0.05, 0.1) is 25.5 Å². The molecule has 0 aromatic heterocycles. The first kappa shape index (κ1) is 20.9. The third kappa shape index (κ3) is 9.73. The van der Waals surface area contributed by atoms with E-state index in [9.17, 15) is 9.36 Å². The van der Waals surface area contributed by atoms with Gasteiger partial charge in [-0.25, -0.2) is 0 Å². The largest absolute Gasteiger partial charge is 0.370 e. The van der Waals surface area contributed by atoms with Crippen LogP contribution < -0.4 is 22.1 Å². The van der Waals surface area contributed by atoms with Crippen molar-refractivity contribution in [3.8, 4) is 0 Å². The van der Waals surface area contributed by atoms with Gasteiger partial charge in [-0.05, 0) is 33.1 Å². The number of rotatable bonds is 13. The summed E-state index contributed by atoms with van der Waals surface area (Å²) in [7, 11) is -3.25. The van der Waals surface area contributed by atoms with Crippen molar-refractivity contribution in [3.63, 3.8) is 0 Å². The second kappa shape index (κ2) is 11.4. The van der Waals surface area contributed by atoms with E-state index in [-0.39, 0.29) is 25.5 Å². The molecule has 0 aliphatic heterocycles. The molecule has 0 spiro atoms. The summed E-state index contributed by atoms with van der Waals surface area (Å²) in [6.07, 6.45) is 1.87. The van der Waals surface area contributed by atoms with E-state index in [0.29, 0.717) is 19.4 Å². The van der Waals surface area contributed by atoms with Gasteiger partial charge < -0.3 is 25.8 Å². The van der Waals surface area contributed by atoms with Gasteiger partial charge in [-0.15, -0.1) is 0 Å². The first-order chi connectivity index (χ1) is 10.3. The Morgan fingerprint density at radius 3 is 2.27 bits per heavy atom. The predicted molar refractivity (Wildman–Crippen MR) is 85.6 cm³/mol. The zero-order chi connectivity index (χ0) is 17.0. The molecule has 0 aromatic carbocycles. The smallest absolute Gasteiger partial charge is 0.344 e. The van der Waals surface area contributed by atoms with Crippen LogP contribution >= 0.6 is 7.60 Å². The second-order valence-electron chi connectivity index (χ2n) is 4.60. The molecule has 0 heterocycles. The number of hydrogen-bond donors (Lipinski definition) is 5. The van der Waals surface area contributed by atoms with E-state index in [0.717, 1.165) is 6.42 Å². The Bertz CT molecular complexity index is 384. The number of carbonyl (C=O) groups excluding carboxylic acids is 1. The van der Waals surface area contributed by atoms with Gasteiger partial charge in [0.2, 0.25) is 5.91 Å². The minimum Gasteiger partial charge on any atom is -0.370 e. The SMILES string of the molecule is CCOP(=O)(CN[C@@H](CCCCNC(=N)N)C(N)=O)OCC. The number of guanidine groups is 1. The molecule has 10 heteroatoms.